The van der Waals surface area contributed by atoms with Crippen LogP contribution in [0.1, 0.15) is 63.5 Å². The molecular weight excluding hydrogens is 683 g/mol. The minimum atomic E-state index is -1.68. The van der Waals surface area contributed by atoms with Crippen molar-refractivity contribution in [2.75, 3.05) is 27.4 Å². The molecule has 1 fully saturated rings. The molecule has 52 heavy (non-hydrogen) atoms. The molecule has 12 nitrogen and oxygen atoms in total. The molecule has 4 atom stereocenters. The van der Waals surface area contributed by atoms with Gasteiger partial charge in [-0.1, -0.05) is 54.6 Å². The van der Waals surface area contributed by atoms with E-state index in [0.29, 0.717) is 17.9 Å². The highest BCUT2D eigenvalue weighted by Crippen LogP contribution is 2.51. The van der Waals surface area contributed by atoms with Gasteiger partial charge in [-0.05, 0) is 68.7 Å². The van der Waals surface area contributed by atoms with Gasteiger partial charge < -0.3 is 28.0 Å². The van der Waals surface area contributed by atoms with E-state index in [0.717, 1.165) is 16.7 Å². The van der Waals surface area contributed by atoms with Crippen molar-refractivity contribution in [1.29, 1.82) is 5.26 Å². The van der Waals surface area contributed by atoms with Crippen LogP contribution in [-0.2, 0) is 24.1 Å². The smallest absolute Gasteiger partial charge is 0.330 e. The van der Waals surface area contributed by atoms with E-state index in [4.69, 9.17) is 28.0 Å². The fourth-order valence-corrected chi connectivity index (χ4v) is 8.22. The fraction of sp³-hybridized carbons (Fsp3) is 0.410. The highest BCUT2D eigenvalue weighted by Gasteiger charge is 2.44. The Balaban J connectivity index is 1.55. The Labute approximate surface area is 305 Å². The third-order valence-corrected chi connectivity index (χ3v) is 11.0. The number of benzene rings is 3. The number of nitrogens with zero attached hydrogens (tertiary/aromatic N) is 3. The van der Waals surface area contributed by atoms with Gasteiger partial charge in [-0.25, -0.2) is 9.46 Å². The number of hydrogen-bond donors (Lipinski definition) is 1. The molecule has 0 aliphatic carbocycles. The summed E-state index contributed by atoms with van der Waals surface area (Å²) in [5, 5.41) is 9.23. The standard InChI is InChI=1S/C39H47N4O8P/c1-27(2)43(28(3)4)52(49-24-10-22-40)51-35-25-34(50-37(35)42-23-21-36(44)41-38(42)45)26-48-39(29-11-8-7-9-12-29,30-13-17-32(46-5)18-14-30)31-15-19-33(47-6)20-16-31/h7-9,11-21,23,27-28,34-35,37H,10,24-26H2,1-6H3,(H,41,44,45)/t34-,35-,37+,52?/m0/s1. The van der Waals surface area contributed by atoms with Crippen molar-refractivity contribution in [2.24, 2.45) is 0 Å². The first-order valence-corrected chi connectivity index (χ1v) is 18.4. The van der Waals surface area contributed by atoms with E-state index in [-0.39, 0.29) is 31.7 Å². The zero-order valence-electron chi connectivity index (χ0n) is 30.4. The second kappa shape index (κ2) is 17.9. The normalized spacial score (nSPS) is 18.1. The number of rotatable bonds is 17. The minimum absolute atomic E-state index is 0.0596. The molecule has 5 rings (SSSR count). The maximum absolute atomic E-state index is 13.2. The first kappa shape index (κ1) is 38.9. The fourth-order valence-electron chi connectivity index (χ4n) is 6.49. The van der Waals surface area contributed by atoms with Crippen LogP contribution >= 0.6 is 8.53 Å². The average molecular weight is 731 g/mol. The Morgan fingerprint density at radius 1 is 0.904 bits per heavy atom. The minimum Gasteiger partial charge on any atom is -0.497 e. The van der Waals surface area contributed by atoms with Crippen LogP contribution < -0.4 is 20.7 Å². The molecule has 4 aromatic rings. The van der Waals surface area contributed by atoms with Crippen LogP contribution in [0.4, 0.5) is 0 Å². The summed E-state index contributed by atoms with van der Waals surface area (Å²) in [6, 6.07) is 29.0. The van der Waals surface area contributed by atoms with Gasteiger partial charge in [0, 0.05) is 30.8 Å². The molecule has 1 aliphatic rings. The molecule has 2 heterocycles. The number of H-pyrrole nitrogens is 1. The van der Waals surface area contributed by atoms with Crippen LogP contribution in [0.3, 0.4) is 0 Å². The van der Waals surface area contributed by atoms with Gasteiger partial charge in [0.25, 0.3) is 14.1 Å². The number of aromatic nitrogens is 2. The Morgan fingerprint density at radius 3 is 2.00 bits per heavy atom. The zero-order chi connectivity index (χ0) is 37.3. The molecule has 0 bridgehead atoms. The highest BCUT2D eigenvalue weighted by atomic mass is 31.2. The van der Waals surface area contributed by atoms with Crippen LogP contribution in [-0.4, -0.2) is 65.9 Å². The number of hydrogen-bond acceptors (Lipinski definition) is 10. The van der Waals surface area contributed by atoms with Crippen molar-refractivity contribution in [3.8, 4) is 17.6 Å². The molecule has 13 heteroatoms. The monoisotopic (exact) mass is 730 g/mol. The molecule has 276 valence electrons. The Hall–Kier alpha value is -4.34. The first-order valence-electron chi connectivity index (χ1n) is 17.3. The second-order valence-electron chi connectivity index (χ2n) is 12.9. The first-order chi connectivity index (χ1) is 25.1. The van der Waals surface area contributed by atoms with E-state index >= 15 is 0 Å². The van der Waals surface area contributed by atoms with Gasteiger partial charge in [0.1, 0.15) is 23.2 Å². The number of ether oxygens (including phenoxy) is 4. The van der Waals surface area contributed by atoms with Crippen LogP contribution in [0.15, 0.2) is 101 Å². The van der Waals surface area contributed by atoms with Crippen molar-refractivity contribution >= 4 is 8.53 Å². The summed E-state index contributed by atoms with van der Waals surface area (Å²) in [6.07, 6.45) is -0.163. The summed E-state index contributed by atoms with van der Waals surface area (Å²) in [6.45, 7) is 8.51. The largest absolute Gasteiger partial charge is 0.497 e. The van der Waals surface area contributed by atoms with Gasteiger partial charge in [-0.15, -0.1) is 0 Å². The van der Waals surface area contributed by atoms with Crippen LogP contribution in [0.25, 0.3) is 0 Å². The van der Waals surface area contributed by atoms with Crippen molar-refractivity contribution in [1.82, 2.24) is 14.2 Å². The number of nitriles is 1. The molecule has 3 aromatic carbocycles. The van der Waals surface area contributed by atoms with Crippen molar-refractivity contribution in [3.05, 3.63) is 129 Å². The molecule has 0 radical (unpaired) electrons. The third-order valence-electron chi connectivity index (χ3n) is 8.82. The number of aromatic amines is 1. The number of methoxy groups -OCH3 is 2. The van der Waals surface area contributed by atoms with Gasteiger partial charge in [-0.2, -0.15) is 5.26 Å². The highest BCUT2D eigenvalue weighted by molar-refractivity contribution is 7.44. The quantitative estimate of drug-likeness (QED) is 0.0727. The van der Waals surface area contributed by atoms with E-state index in [1.54, 1.807) is 14.2 Å². The Morgan fingerprint density at radius 2 is 1.48 bits per heavy atom. The van der Waals surface area contributed by atoms with Gasteiger partial charge in [0.05, 0.1) is 46.0 Å². The van der Waals surface area contributed by atoms with Crippen molar-refractivity contribution in [2.45, 2.75) is 76.7 Å². The molecule has 1 N–H and O–H groups in total. The molecule has 0 saturated carbocycles. The summed E-state index contributed by atoms with van der Waals surface area (Å²) >= 11 is 0. The lowest BCUT2D eigenvalue weighted by Gasteiger charge is -2.37. The van der Waals surface area contributed by atoms with Crippen molar-refractivity contribution in [3.63, 3.8) is 0 Å². The van der Waals surface area contributed by atoms with Crippen LogP contribution in [0, 0.1) is 11.3 Å². The summed E-state index contributed by atoms with van der Waals surface area (Å²) in [5.74, 6) is 1.41. The van der Waals surface area contributed by atoms with E-state index in [9.17, 15) is 14.9 Å². The maximum Gasteiger partial charge on any atom is 0.330 e. The second-order valence-corrected chi connectivity index (χ2v) is 14.3. The predicted molar refractivity (Wildman–Crippen MR) is 198 cm³/mol. The van der Waals surface area contributed by atoms with Crippen molar-refractivity contribution < 1.29 is 28.0 Å². The van der Waals surface area contributed by atoms with Crippen LogP contribution in [0.5, 0.6) is 11.5 Å². The lowest BCUT2D eigenvalue weighted by molar-refractivity contribution is -0.0863. The van der Waals surface area contributed by atoms with Gasteiger partial charge in [0.2, 0.25) is 0 Å². The molecule has 1 unspecified atom stereocenters. The van der Waals surface area contributed by atoms with Gasteiger partial charge >= 0.3 is 5.69 Å². The summed E-state index contributed by atoms with van der Waals surface area (Å²) in [4.78, 5) is 27.5. The van der Waals surface area contributed by atoms with Gasteiger partial charge in [-0.3, -0.25) is 14.3 Å². The average Bonchev–Trinajstić information content (AvgIpc) is 3.54. The molecule has 0 spiro atoms. The van der Waals surface area contributed by atoms with E-state index in [2.05, 4.69) is 43.4 Å². The lowest BCUT2D eigenvalue weighted by Crippen LogP contribution is -2.38. The third kappa shape index (κ3) is 8.81. The molecule has 1 aliphatic heterocycles. The Kier molecular flexibility index (Phi) is 13.4. The summed E-state index contributed by atoms with van der Waals surface area (Å²) < 4.78 is 41.2. The topological polar surface area (TPSA) is 137 Å². The number of nitrogens with one attached hydrogen (secondary N) is 1. The predicted octanol–water partition coefficient (Wildman–Crippen LogP) is 6.51. The lowest BCUT2D eigenvalue weighted by atomic mass is 9.80. The molecule has 0 amide bonds. The van der Waals surface area contributed by atoms with E-state index in [1.807, 2.05) is 78.9 Å². The Bertz CT molecular complexity index is 1820. The summed E-state index contributed by atoms with van der Waals surface area (Å²) in [7, 11) is 1.58. The SMILES string of the molecule is COc1ccc(C(OC[C@@H]2C[C@H](OP(OCCC#N)N(C(C)C)C(C)C)[C@H](n3ccc(=O)[nH]c3=O)O2)(c2ccccc2)c2ccc(OC)cc2)cc1. The molecule has 1 saturated heterocycles. The summed E-state index contributed by atoms with van der Waals surface area (Å²) in [5.41, 5.74) is 0.387. The maximum atomic E-state index is 13.2. The van der Waals surface area contributed by atoms with Gasteiger partial charge in [0.15, 0.2) is 6.23 Å². The molecule has 1 aromatic heterocycles. The van der Waals surface area contributed by atoms with E-state index in [1.165, 1.54) is 16.8 Å². The van der Waals surface area contributed by atoms with E-state index < -0.39 is 43.8 Å². The molecular formula is C39H47N4O8P. The zero-order valence-corrected chi connectivity index (χ0v) is 31.3. The van der Waals surface area contributed by atoms with Crippen LogP contribution in [0.2, 0.25) is 0 Å².